The second-order valence-corrected chi connectivity index (χ2v) is 11.8. The summed E-state index contributed by atoms with van der Waals surface area (Å²) in [7, 11) is -4.60. The summed E-state index contributed by atoms with van der Waals surface area (Å²) in [6.07, 6.45) is 1.65. The van der Waals surface area contributed by atoms with E-state index >= 15 is 0 Å². The quantitative estimate of drug-likeness (QED) is 0.311. The van der Waals surface area contributed by atoms with Crippen LogP contribution >= 0.6 is 22.9 Å². The van der Waals surface area contributed by atoms with Gasteiger partial charge in [-0.15, -0.1) is 11.3 Å². The fourth-order valence-electron chi connectivity index (χ4n) is 3.31. The first-order valence-corrected chi connectivity index (χ1v) is 13.1. The molecule has 2 aromatic carbocycles. The molecule has 11 heteroatoms. The highest BCUT2D eigenvalue weighted by atomic mass is 35.5. The van der Waals surface area contributed by atoms with Crippen molar-refractivity contribution in [3.63, 3.8) is 0 Å². The topological polar surface area (TPSA) is 84.8 Å². The third-order valence-electron chi connectivity index (χ3n) is 4.96. The number of rotatable bonds is 5. The van der Waals surface area contributed by atoms with Crippen LogP contribution in [-0.4, -0.2) is 23.4 Å². The SMILES string of the molecule is Cc1nccc(-c2sc(C(C)(C)C)nc2-c2cccc(NS(=O)(=O)c3c(F)cccc3F)c2Cl)n1. The molecule has 182 valence electrons. The van der Waals surface area contributed by atoms with Crippen LogP contribution < -0.4 is 4.72 Å². The lowest BCUT2D eigenvalue weighted by Gasteiger charge is -2.14. The Morgan fingerprint density at radius 1 is 1.00 bits per heavy atom. The summed E-state index contributed by atoms with van der Waals surface area (Å²) in [6.45, 7) is 7.86. The van der Waals surface area contributed by atoms with Crippen LogP contribution in [-0.2, 0) is 15.4 Å². The molecule has 0 aliphatic heterocycles. The molecule has 35 heavy (non-hydrogen) atoms. The molecule has 6 nitrogen and oxygen atoms in total. The molecule has 2 aromatic heterocycles. The first kappa shape index (κ1) is 25.2. The summed E-state index contributed by atoms with van der Waals surface area (Å²) in [6, 6.07) is 9.28. The third kappa shape index (κ3) is 5.05. The molecule has 0 radical (unpaired) electrons. The monoisotopic (exact) mass is 534 g/mol. The summed E-state index contributed by atoms with van der Waals surface area (Å²) >= 11 is 8.10. The lowest BCUT2D eigenvalue weighted by molar-refractivity contribution is 0.521. The number of thiazole rings is 1. The first-order chi connectivity index (χ1) is 16.4. The van der Waals surface area contributed by atoms with Gasteiger partial charge in [-0.2, -0.15) is 0 Å². The van der Waals surface area contributed by atoms with E-state index in [1.807, 2.05) is 20.8 Å². The van der Waals surface area contributed by atoms with Crippen molar-refractivity contribution in [3.05, 3.63) is 76.2 Å². The van der Waals surface area contributed by atoms with Crippen LogP contribution in [0.2, 0.25) is 5.02 Å². The van der Waals surface area contributed by atoms with Crippen LogP contribution in [0.15, 0.2) is 53.6 Å². The Bertz CT molecular complexity index is 1510. The Morgan fingerprint density at radius 3 is 2.29 bits per heavy atom. The second kappa shape index (κ2) is 9.25. The van der Waals surface area contributed by atoms with Gasteiger partial charge in [-0.1, -0.05) is 50.6 Å². The van der Waals surface area contributed by atoms with E-state index in [9.17, 15) is 17.2 Å². The maximum absolute atomic E-state index is 14.2. The van der Waals surface area contributed by atoms with Crippen molar-refractivity contribution in [1.29, 1.82) is 0 Å². The zero-order valence-corrected chi connectivity index (χ0v) is 21.6. The van der Waals surface area contributed by atoms with E-state index in [-0.39, 0.29) is 16.1 Å². The minimum atomic E-state index is -4.60. The smallest absolute Gasteiger partial charge is 0.267 e. The molecule has 0 saturated carbocycles. The van der Waals surface area contributed by atoms with Gasteiger partial charge >= 0.3 is 0 Å². The molecule has 0 unspecified atom stereocenters. The van der Waals surface area contributed by atoms with E-state index in [1.165, 1.54) is 17.4 Å². The van der Waals surface area contributed by atoms with E-state index < -0.39 is 26.6 Å². The Balaban J connectivity index is 1.85. The molecule has 0 bridgehead atoms. The van der Waals surface area contributed by atoms with Crippen molar-refractivity contribution in [3.8, 4) is 21.8 Å². The summed E-state index contributed by atoms with van der Waals surface area (Å²) in [5.74, 6) is -1.83. The highest BCUT2D eigenvalue weighted by molar-refractivity contribution is 7.92. The van der Waals surface area contributed by atoms with Gasteiger partial charge in [0.15, 0.2) is 4.90 Å². The van der Waals surface area contributed by atoms with Gasteiger partial charge in [-0.3, -0.25) is 4.72 Å². The molecule has 2 heterocycles. The zero-order chi connectivity index (χ0) is 25.5. The van der Waals surface area contributed by atoms with Gasteiger partial charge < -0.3 is 0 Å². The fraction of sp³-hybridized carbons (Fsp3) is 0.208. The summed E-state index contributed by atoms with van der Waals surface area (Å²) < 4.78 is 56.2. The van der Waals surface area contributed by atoms with Gasteiger partial charge in [0, 0.05) is 17.2 Å². The van der Waals surface area contributed by atoms with Gasteiger partial charge in [0.25, 0.3) is 10.0 Å². The average molecular weight is 535 g/mol. The van der Waals surface area contributed by atoms with Gasteiger partial charge in [0.2, 0.25) is 0 Å². The molecule has 0 spiro atoms. The van der Waals surface area contributed by atoms with Gasteiger partial charge in [0.05, 0.1) is 32.0 Å². The third-order valence-corrected chi connectivity index (χ3v) is 8.29. The number of aromatic nitrogens is 3. The highest BCUT2D eigenvalue weighted by Gasteiger charge is 2.28. The second-order valence-electron chi connectivity index (χ2n) is 8.76. The van der Waals surface area contributed by atoms with Crippen LogP contribution in [0.4, 0.5) is 14.5 Å². The fourth-order valence-corrected chi connectivity index (χ4v) is 5.95. The molecule has 0 fully saturated rings. The van der Waals surface area contributed by atoms with Crippen LogP contribution in [0, 0.1) is 18.6 Å². The Hall–Kier alpha value is -2.95. The van der Waals surface area contributed by atoms with E-state index in [4.69, 9.17) is 16.6 Å². The largest absolute Gasteiger partial charge is 0.278 e. The van der Waals surface area contributed by atoms with Crippen LogP contribution in [0.3, 0.4) is 0 Å². The Labute approximate surface area is 211 Å². The minimum absolute atomic E-state index is 0.0330. The van der Waals surface area contributed by atoms with Crippen LogP contribution in [0.25, 0.3) is 21.8 Å². The molecule has 0 aliphatic carbocycles. The molecule has 0 atom stereocenters. The lowest BCUT2D eigenvalue weighted by atomic mass is 9.98. The molecular weight excluding hydrogens is 514 g/mol. The average Bonchev–Trinajstić information content (AvgIpc) is 3.21. The molecule has 1 N–H and O–H groups in total. The number of hydrogen-bond acceptors (Lipinski definition) is 6. The number of anilines is 1. The van der Waals surface area contributed by atoms with Gasteiger partial charge in [0.1, 0.15) is 17.5 Å². The molecular formula is C24H21ClF2N4O2S2. The van der Waals surface area contributed by atoms with Gasteiger partial charge in [-0.25, -0.2) is 32.2 Å². The molecule has 0 aliphatic rings. The lowest BCUT2D eigenvalue weighted by Crippen LogP contribution is -2.16. The zero-order valence-electron chi connectivity index (χ0n) is 19.2. The Morgan fingerprint density at radius 2 is 1.66 bits per heavy atom. The first-order valence-electron chi connectivity index (χ1n) is 10.5. The molecule has 4 aromatic rings. The summed E-state index contributed by atoms with van der Waals surface area (Å²) in [5.41, 5.74) is 1.30. The molecule has 4 rings (SSSR count). The van der Waals surface area contributed by atoms with Crippen LogP contribution in [0.5, 0.6) is 0 Å². The highest BCUT2D eigenvalue weighted by Crippen LogP contribution is 2.44. The summed E-state index contributed by atoms with van der Waals surface area (Å²) in [4.78, 5) is 13.1. The van der Waals surface area contributed by atoms with E-state index in [2.05, 4.69) is 14.7 Å². The molecule has 0 amide bonds. The van der Waals surface area contributed by atoms with Crippen molar-refractivity contribution in [2.75, 3.05) is 4.72 Å². The van der Waals surface area contributed by atoms with Crippen molar-refractivity contribution in [2.24, 2.45) is 0 Å². The van der Waals surface area contributed by atoms with E-state index in [0.717, 1.165) is 28.1 Å². The number of nitrogens with zero attached hydrogens (tertiary/aromatic N) is 3. The van der Waals surface area contributed by atoms with Crippen molar-refractivity contribution < 1.29 is 17.2 Å². The minimum Gasteiger partial charge on any atom is -0.278 e. The van der Waals surface area contributed by atoms with Crippen LogP contribution in [0.1, 0.15) is 31.6 Å². The summed E-state index contributed by atoms with van der Waals surface area (Å²) in [5, 5.41) is 0.861. The molecule has 0 saturated heterocycles. The van der Waals surface area contributed by atoms with E-state index in [1.54, 1.807) is 31.3 Å². The van der Waals surface area contributed by atoms with Gasteiger partial charge in [-0.05, 0) is 31.2 Å². The van der Waals surface area contributed by atoms with Crippen molar-refractivity contribution >= 4 is 38.6 Å². The number of benzene rings is 2. The Kier molecular flexibility index (Phi) is 6.65. The maximum atomic E-state index is 14.2. The number of hydrogen-bond donors (Lipinski definition) is 1. The standard InChI is InChI=1S/C24H21ClF2N4O2S2/c1-13-28-12-11-18(29-13)21-20(30-23(34-21)24(2,3)4)14-7-5-10-17(19(14)25)31-35(32,33)22-15(26)8-6-9-16(22)27/h5-12,31H,1-4H3. The predicted molar refractivity (Wildman–Crippen MR) is 134 cm³/mol. The number of nitrogens with one attached hydrogen (secondary N) is 1. The number of sulfonamides is 1. The number of halogens is 3. The normalized spacial score (nSPS) is 12.1. The van der Waals surface area contributed by atoms with Crippen molar-refractivity contribution in [2.45, 2.75) is 38.0 Å². The number of aryl methyl sites for hydroxylation is 1. The van der Waals surface area contributed by atoms with E-state index in [0.29, 0.717) is 22.8 Å². The predicted octanol–water partition coefficient (Wildman–Crippen LogP) is 6.61. The maximum Gasteiger partial charge on any atom is 0.267 e. The van der Waals surface area contributed by atoms with Crippen molar-refractivity contribution in [1.82, 2.24) is 15.0 Å².